The first-order valence-corrected chi connectivity index (χ1v) is 8.66. The summed E-state index contributed by atoms with van der Waals surface area (Å²) in [5.41, 5.74) is 1.67. The predicted molar refractivity (Wildman–Crippen MR) is 84.4 cm³/mol. The van der Waals surface area contributed by atoms with Gasteiger partial charge in [0.2, 0.25) is 5.91 Å². The maximum absolute atomic E-state index is 12.5. The van der Waals surface area contributed by atoms with Crippen molar-refractivity contribution in [3.63, 3.8) is 0 Å². The molecule has 1 aromatic heterocycles. The lowest BCUT2D eigenvalue weighted by atomic mass is 10.0. The molecule has 0 radical (unpaired) electrons. The van der Waals surface area contributed by atoms with E-state index in [4.69, 9.17) is 9.47 Å². The topological polar surface area (TPSA) is 72.0 Å². The number of nitrogens with zero attached hydrogens (tertiary/aromatic N) is 3. The minimum Gasteiger partial charge on any atom is -0.383 e. The number of thiazole rings is 1. The molecule has 0 aliphatic carbocycles. The van der Waals surface area contributed by atoms with Gasteiger partial charge in [-0.05, 0) is 12.8 Å². The van der Waals surface area contributed by atoms with Gasteiger partial charge in [-0.15, -0.1) is 11.3 Å². The molecule has 0 unspecified atom stereocenters. The van der Waals surface area contributed by atoms with Gasteiger partial charge < -0.3 is 19.3 Å². The Hall–Kier alpha value is -1.51. The van der Waals surface area contributed by atoms with Crippen molar-refractivity contribution in [1.29, 1.82) is 0 Å². The van der Waals surface area contributed by atoms with Crippen LogP contribution in [0.3, 0.4) is 0 Å². The number of methoxy groups -OCH3 is 1. The molecule has 8 heteroatoms. The van der Waals surface area contributed by atoms with E-state index in [9.17, 15) is 9.59 Å². The van der Waals surface area contributed by atoms with Gasteiger partial charge in [0.1, 0.15) is 11.5 Å². The van der Waals surface area contributed by atoms with Crippen LogP contribution < -0.4 is 0 Å². The van der Waals surface area contributed by atoms with Crippen molar-refractivity contribution in [2.75, 3.05) is 40.0 Å². The van der Waals surface area contributed by atoms with Crippen LogP contribution in [0.15, 0.2) is 11.7 Å². The molecule has 2 saturated heterocycles. The van der Waals surface area contributed by atoms with Crippen LogP contribution in [0.5, 0.6) is 0 Å². The SMILES string of the molecule is COCCN1C(=O)CO[C@H]2CCN(C(=O)c3cncs3)CC[C@@H]21. The Morgan fingerprint density at radius 3 is 3.04 bits per heavy atom. The Balaban J connectivity index is 1.68. The van der Waals surface area contributed by atoms with Crippen LogP contribution in [0.1, 0.15) is 22.5 Å². The smallest absolute Gasteiger partial charge is 0.265 e. The molecule has 7 nitrogen and oxygen atoms in total. The first kappa shape index (κ1) is 16.4. The molecule has 2 amide bonds. The third-order valence-electron chi connectivity index (χ3n) is 4.42. The highest BCUT2D eigenvalue weighted by Gasteiger charge is 2.38. The Morgan fingerprint density at radius 2 is 2.30 bits per heavy atom. The maximum Gasteiger partial charge on any atom is 0.265 e. The molecule has 0 bridgehead atoms. The number of aromatic nitrogens is 1. The van der Waals surface area contributed by atoms with Gasteiger partial charge in [0.05, 0.1) is 30.5 Å². The van der Waals surface area contributed by atoms with Crippen molar-refractivity contribution in [3.05, 3.63) is 16.6 Å². The molecule has 0 N–H and O–H groups in total. The van der Waals surface area contributed by atoms with E-state index in [0.717, 1.165) is 12.8 Å². The van der Waals surface area contributed by atoms with Crippen LogP contribution in [-0.4, -0.2) is 78.7 Å². The summed E-state index contributed by atoms with van der Waals surface area (Å²) >= 11 is 1.35. The summed E-state index contributed by atoms with van der Waals surface area (Å²) in [5.74, 6) is 0.0199. The molecule has 3 heterocycles. The highest BCUT2D eigenvalue weighted by atomic mass is 32.1. The standard InChI is InChI=1S/C15H21N3O4S/c1-21-7-6-18-11-2-4-17(15(20)13-8-16-10-23-13)5-3-12(11)22-9-14(18)19/h8,10-12H,2-7,9H2,1H3/t11-,12-/m0/s1. The Labute approximate surface area is 139 Å². The second-order valence-corrected chi connectivity index (χ2v) is 6.62. The molecular formula is C15H21N3O4S. The average molecular weight is 339 g/mol. The molecule has 0 saturated carbocycles. The van der Waals surface area contributed by atoms with Crippen molar-refractivity contribution in [3.8, 4) is 0 Å². The first-order chi connectivity index (χ1) is 11.2. The molecule has 3 rings (SSSR count). The molecule has 2 aliphatic rings. The van der Waals surface area contributed by atoms with E-state index in [2.05, 4.69) is 4.98 Å². The summed E-state index contributed by atoms with van der Waals surface area (Å²) < 4.78 is 10.8. The number of hydrogen-bond acceptors (Lipinski definition) is 6. The Morgan fingerprint density at radius 1 is 1.48 bits per heavy atom. The van der Waals surface area contributed by atoms with Gasteiger partial charge in [0, 0.05) is 26.7 Å². The monoisotopic (exact) mass is 339 g/mol. The number of amides is 2. The highest BCUT2D eigenvalue weighted by molar-refractivity contribution is 7.11. The zero-order valence-corrected chi connectivity index (χ0v) is 14.0. The molecule has 126 valence electrons. The summed E-state index contributed by atoms with van der Waals surface area (Å²) in [4.78, 5) is 32.9. The van der Waals surface area contributed by atoms with Crippen molar-refractivity contribution < 1.29 is 19.1 Å². The lowest BCUT2D eigenvalue weighted by Gasteiger charge is -2.40. The number of ether oxygens (including phenoxy) is 2. The van der Waals surface area contributed by atoms with E-state index in [1.54, 1.807) is 18.8 Å². The summed E-state index contributed by atoms with van der Waals surface area (Å²) in [6.45, 7) is 2.47. The van der Waals surface area contributed by atoms with Crippen LogP contribution in [0.25, 0.3) is 0 Å². The molecule has 0 aromatic carbocycles. The van der Waals surface area contributed by atoms with Gasteiger partial charge in [0.25, 0.3) is 5.91 Å². The number of carbonyl (C=O) groups excluding carboxylic acids is 2. The average Bonchev–Trinajstić information content (AvgIpc) is 3.01. The number of likely N-dealkylation sites (tertiary alicyclic amines) is 1. The molecule has 0 spiro atoms. The summed E-state index contributed by atoms with van der Waals surface area (Å²) in [6.07, 6.45) is 3.07. The quantitative estimate of drug-likeness (QED) is 0.804. The molecule has 1 aromatic rings. The Bertz CT molecular complexity index is 551. The van der Waals surface area contributed by atoms with Gasteiger partial charge in [-0.1, -0.05) is 0 Å². The fourth-order valence-electron chi connectivity index (χ4n) is 3.22. The number of morpholine rings is 1. The largest absolute Gasteiger partial charge is 0.383 e. The van der Waals surface area contributed by atoms with Crippen molar-refractivity contribution in [2.24, 2.45) is 0 Å². The molecule has 2 fully saturated rings. The van der Waals surface area contributed by atoms with Crippen molar-refractivity contribution >= 4 is 23.2 Å². The number of rotatable bonds is 4. The molecule has 23 heavy (non-hydrogen) atoms. The fraction of sp³-hybridized carbons (Fsp3) is 0.667. The summed E-state index contributed by atoms with van der Waals surface area (Å²) in [5, 5.41) is 0. The number of hydrogen-bond donors (Lipinski definition) is 0. The van der Waals surface area contributed by atoms with E-state index >= 15 is 0 Å². The predicted octanol–water partition coefficient (Wildman–Crippen LogP) is 0.622. The van der Waals surface area contributed by atoms with Crippen molar-refractivity contribution in [1.82, 2.24) is 14.8 Å². The lowest BCUT2D eigenvalue weighted by molar-refractivity contribution is -0.158. The lowest BCUT2D eigenvalue weighted by Crippen LogP contribution is -2.55. The third kappa shape index (κ3) is 3.54. The second-order valence-electron chi connectivity index (χ2n) is 5.73. The van der Waals surface area contributed by atoms with Crippen LogP contribution >= 0.6 is 11.3 Å². The summed E-state index contributed by atoms with van der Waals surface area (Å²) in [7, 11) is 1.63. The number of fused-ring (bicyclic) bond motifs is 1. The first-order valence-electron chi connectivity index (χ1n) is 7.78. The third-order valence-corrected chi connectivity index (χ3v) is 5.18. The van der Waals surface area contributed by atoms with Crippen LogP contribution in [0.4, 0.5) is 0 Å². The fourth-order valence-corrected chi connectivity index (χ4v) is 3.81. The minimum absolute atomic E-state index is 0.00512. The molecule has 2 aliphatic heterocycles. The zero-order chi connectivity index (χ0) is 16.2. The van der Waals surface area contributed by atoms with E-state index in [0.29, 0.717) is 31.1 Å². The van der Waals surface area contributed by atoms with Crippen LogP contribution in [0.2, 0.25) is 0 Å². The normalized spacial score (nSPS) is 25.2. The van der Waals surface area contributed by atoms with Gasteiger partial charge in [-0.2, -0.15) is 0 Å². The highest BCUT2D eigenvalue weighted by Crippen LogP contribution is 2.25. The number of carbonyl (C=O) groups is 2. The van der Waals surface area contributed by atoms with Gasteiger partial charge in [0.15, 0.2) is 0 Å². The van der Waals surface area contributed by atoms with Gasteiger partial charge in [-0.3, -0.25) is 14.6 Å². The van der Waals surface area contributed by atoms with E-state index in [-0.39, 0.29) is 30.6 Å². The van der Waals surface area contributed by atoms with Crippen molar-refractivity contribution in [2.45, 2.75) is 25.0 Å². The minimum atomic E-state index is -0.0104. The second kappa shape index (κ2) is 7.37. The summed E-state index contributed by atoms with van der Waals surface area (Å²) in [6, 6.07) is 0.0191. The van der Waals surface area contributed by atoms with Crippen LogP contribution in [0, 0.1) is 0 Å². The van der Waals surface area contributed by atoms with E-state index in [1.165, 1.54) is 11.3 Å². The van der Waals surface area contributed by atoms with Gasteiger partial charge >= 0.3 is 0 Å². The molecular weight excluding hydrogens is 318 g/mol. The Kier molecular flexibility index (Phi) is 5.24. The maximum atomic E-state index is 12.5. The van der Waals surface area contributed by atoms with E-state index < -0.39 is 0 Å². The zero-order valence-electron chi connectivity index (χ0n) is 13.1. The van der Waals surface area contributed by atoms with Gasteiger partial charge in [-0.25, -0.2) is 0 Å². The van der Waals surface area contributed by atoms with E-state index in [1.807, 2.05) is 9.80 Å². The molecule has 2 atom stereocenters. The van der Waals surface area contributed by atoms with Crippen LogP contribution in [-0.2, 0) is 14.3 Å².